The van der Waals surface area contributed by atoms with Gasteiger partial charge in [0.2, 0.25) is 5.91 Å². The molecule has 0 fully saturated rings. The maximum absolute atomic E-state index is 13.4. The molecule has 0 aromatic heterocycles. The van der Waals surface area contributed by atoms with Gasteiger partial charge in [-0.05, 0) is 38.5 Å². The summed E-state index contributed by atoms with van der Waals surface area (Å²) < 4.78 is 18.1. The largest absolute Gasteiger partial charge is 0.465 e. The van der Waals surface area contributed by atoms with Gasteiger partial charge >= 0.3 is 5.97 Å². The molecule has 0 unspecified atom stereocenters. The standard InChI is InChI=1S/C14H18FNO3S/c1-4-19-13(17)8-20-10(3)14(18)16-11-6-5-9(2)12(15)7-11/h5-7,10H,4,8H2,1-3H3,(H,16,18)/t10-/m0/s1. The molecule has 1 N–H and O–H groups in total. The Labute approximate surface area is 122 Å². The Morgan fingerprint density at radius 3 is 2.75 bits per heavy atom. The summed E-state index contributed by atoms with van der Waals surface area (Å²) in [5.41, 5.74) is 0.925. The number of nitrogens with one attached hydrogen (secondary N) is 1. The molecule has 0 saturated carbocycles. The van der Waals surface area contributed by atoms with Gasteiger partial charge in [0.1, 0.15) is 5.82 Å². The molecule has 1 rings (SSSR count). The monoisotopic (exact) mass is 299 g/mol. The van der Waals surface area contributed by atoms with Crippen LogP contribution in [0.5, 0.6) is 0 Å². The van der Waals surface area contributed by atoms with Crippen LogP contribution < -0.4 is 5.32 Å². The quantitative estimate of drug-likeness (QED) is 0.821. The molecule has 4 nitrogen and oxygen atoms in total. The Balaban J connectivity index is 2.48. The highest BCUT2D eigenvalue weighted by Gasteiger charge is 2.16. The number of carbonyl (C=O) groups is 2. The predicted molar refractivity (Wildman–Crippen MR) is 78.3 cm³/mol. The van der Waals surface area contributed by atoms with Gasteiger partial charge in [-0.1, -0.05) is 6.07 Å². The average molecular weight is 299 g/mol. The first-order chi connectivity index (χ1) is 9.43. The smallest absolute Gasteiger partial charge is 0.315 e. The third-order valence-electron chi connectivity index (χ3n) is 2.57. The van der Waals surface area contributed by atoms with Gasteiger partial charge in [0.15, 0.2) is 0 Å². The molecule has 110 valence electrons. The highest BCUT2D eigenvalue weighted by molar-refractivity contribution is 8.01. The number of benzene rings is 1. The lowest BCUT2D eigenvalue weighted by Gasteiger charge is -2.12. The fraction of sp³-hybridized carbons (Fsp3) is 0.429. The van der Waals surface area contributed by atoms with Crippen LogP contribution in [0.2, 0.25) is 0 Å². The van der Waals surface area contributed by atoms with Gasteiger partial charge < -0.3 is 10.1 Å². The van der Waals surface area contributed by atoms with Gasteiger partial charge in [0.25, 0.3) is 0 Å². The van der Waals surface area contributed by atoms with Crippen LogP contribution in [0, 0.1) is 12.7 Å². The van der Waals surface area contributed by atoms with Crippen molar-refractivity contribution in [1.29, 1.82) is 0 Å². The van der Waals surface area contributed by atoms with Crippen LogP contribution in [0.1, 0.15) is 19.4 Å². The van der Waals surface area contributed by atoms with Crippen LogP contribution in [-0.2, 0) is 14.3 Å². The minimum Gasteiger partial charge on any atom is -0.465 e. The number of ether oxygens (including phenoxy) is 1. The fourth-order valence-electron chi connectivity index (χ4n) is 1.39. The van der Waals surface area contributed by atoms with E-state index < -0.39 is 5.25 Å². The summed E-state index contributed by atoms with van der Waals surface area (Å²) in [6.07, 6.45) is 0. The van der Waals surface area contributed by atoms with Crippen molar-refractivity contribution in [3.05, 3.63) is 29.6 Å². The molecule has 1 aromatic rings. The topological polar surface area (TPSA) is 55.4 Å². The Bertz CT molecular complexity index is 493. The van der Waals surface area contributed by atoms with Crippen molar-refractivity contribution < 1.29 is 18.7 Å². The van der Waals surface area contributed by atoms with E-state index in [0.717, 1.165) is 0 Å². The summed E-state index contributed by atoms with van der Waals surface area (Å²) in [6.45, 7) is 5.38. The fourth-order valence-corrected chi connectivity index (χ4v) is 2.07. The third kappa shape index (κ3) is 5.21. The summed E-state index contributed by atoms with van der Waals surface area (Å²) in [5, 5.41) is 2.19. The maximum atomic E-state index is 13.4. The van der Waals surface area contributed by atoms with Crippen LogP contribution in [0.3, 0.4) is 0 Å². The lowest BCUT2D eigenvalue weighted by molar-refractivity contribution is -0.139. The van der Waals surface area contributed by atoms with E-state index in [2.05, 4.69) is 5.32 Å². The zero-order valence-electron chi connectivity index (χ0n) is 11.7. The number of aryl methyl sites for hydroxylation is 1. The molecule has 0 saturated heterocycles. The second-order valence-corrected chi connectivity index (χ2v) is 5.54. The lowest BCUT2D eigenvalue weighted by atomic mass is 10.2. The first kappa shape index (κ1) is 16.5. The van der Waals surface area contributed by atoms with Crippen LogP contribution in [-0.4, -0.2) is 29.5 Å². The summed E-state index contributed by atoms with van der Waals surface area (Å²) in [6, 6.07) is 4.51. The molecular weight excluding hydrogens is 281 g/mol. The molecular formula is C14H18FNO3S. The van der Waals surface area contributed by atoms with Gasteiger partial charge in [0.05, 0.1) is 17.6 Å². The Hall–Kier alpha value is -1.56. The van der Waals surface area contributed by atoms with E-state index in [1.807, 2.05) is 0 Å². The minimum absolute atomic E-state index is 0.116. The molecule has 1 atom stereocenters. The van der Waals surface area contributed by atoms with Crippen LogP contribution >= 0.6 is 11.8 Å². The second kappa shape index (κ2) is 7.89. The van der Waals surface area contributed by atoms with Crippen molar-refractivity contribution in [3.8, 4) is 0 Å². The molecule has 1 amide bonds. The summed E-state index contributed by atoms with van der Waals surface area (Å²) >= 11 is 1.18. The second-order valence-electron chi connectivity index (χ2n) is 4.21. The summed E-state index contributed by atoms with van der Waals surface area (Å²) in [5.74, 6) is -0.874. The van der Waals surface area contributed by atoms with Crippen molar-refractivity contribution in [2.24, 2.45) is 0 Å². The summed E-state index contributed by atoms with van der Waals surface area (Å²) in [4.78, 5) is 23.1. The number of carbonyl (C=O) groups excluding carboxylic acids is 2. The van der Waals surface area contributed by atoms with Crippen molar-refractivity contribution in [3.63, 3.8) is 0 Å². The molecule has 20 heavy (non-hydrogen) atoms. The Kier molecular flexibility index (Phi) is 6.51. The number of halogens is 1. The van der Waals surface area contributed by atoms with Gasteiger partial charge in [0, 0.05) is 5.69 Å². The van der Waals surface area contributed by atoms with Gasteiger partial charge in [-0.25, -0.2) is 4.39 Å². The molecule has 0 bridgehead atoms. The van der Waals surface area contributed by atoms with Crippen LogP contribution in [0.25, 0.3) is 0 Å². The maximum Gasteiger partial charge on any atom is 0.315 e. The molecule has 0 aliphatic rings. The minimum atomic E-state index is -0.427. The molecule has 0 aliphatic heterocycles. The van der Waals surface area contributed by atoms with Crippen molar-refractivity contribution in [2.45, 2.75) is 26.0 Å². The number of hydrogen-bond donors (Lipinski definition) is 1. The molecule has 6 heteroatoms. The first-order valence-electron chi connectivity index (χ1n) is 6.28. The molecule has 0 spiro atoms. The van der Waals surface area contributed by atoms with Crippen LogP contribution in [0.15, 0.2) is 18.2 Å². The van der Waals surface area contributed by atoms with E-state index in [1.54, 1.807) is 32.9 Å². The molecule has 0 heterocycles. The number of amides is 1. The number of anilines is 1. The van der Waals surface area contributed by atoms with Crippen molar-refractivity contribution >= 4 is 29.3 Å². The van der Waals surface area contributed by atoms with Gasteiger partial charge in [-0.3, -0.25) is 9.59 Å². The van der Waals surface area contributed by atoms with E-state index in [9.17, 15) is 14.0 Å². The first-order valence-corrected chi connectivity index (χ1v) is 7.33. The van der Waals surface area contributed by atoms with Crippen molar-refractivity contribution in [1.82, 2.24) is 0 Å². The van der Waals surface area contributed by atoms with Crippen LogP contribution in [0.4, 0.5) is 10.1 Å². The highest BCUT2D eigenvalue weighted by atomic mass is 32.2. The average Bonchev–Trinajstić information content (AvgIpc) is 2.40. The highest BCUT2D eigenvalue weighted by Crippen LogP contribution is 2.17. The number of thioether (sulfide) groups is 1. The van der Waals surface area contributed by atoms with E-state index in [-0.39, 0.29) is 23.4 Å². The van der Waals surface area contributed by atoms with E-state index in [1.165, 1.54) is 17.8 Å². The van der Waals surface area contributed by atoms with Crippen molar-refractivity contribution in [2.75, 3.05) is 17.7 Å². The Morgan fingerprint density at radius 2 is 2.15 bits per heavy atom. The molecule has 1 aromatic carbocycles. The zero-order chi connectivity index (χ0) is 15.1. The third-order valence-corrected chi connectivity index (χ3v) is 3.68. The van der Waals surface area contributed by atoms with E-state index >= 15 is 0 Å². The van der Waals surface area contributed by atoms with Gasteiger partial charge in [-0.2, -0.15) is 0 Å². The Morgan fingerprint density at radius 1 is 1.45 bits per heavy atom. The SMILES string of the molecule is CCOC(=O)CS[C@@H](C)C(=O)Nc1ccc(C)c(F)c1. The van der Waals surface area contributed by atoms with E-state index in [4.69, 9.17) is 4.74 Å². The van der Waals surface area contributed by atoms with E-state index in [0.29, 0.717) is 17.9 Å². The lowest BCUT2D eigenvalue weighted by Crippen LogP contribution is -2.24. The normalized spacial score (nSPS) is 11.8. The summed E-state index contributed by atoms with van der Waals surface area (Å²) in [7, 11) is 0. The number of rotatable bonds is 6. The number of esters is 1. The zero-order valence-corrected chi connectivity index (χ0v) is 12.6. The molecule has 0 aliphatic carbocycles. The predicted octanol–water partition coefficient (Wildman–Crippen LogP) is 2.76. The number of hydrogen-bond acceptors (Lipinski definition) is 4. The van der Waals surface area contributed by atoms with Gasteiger partial charge in [-0.15, -0.1) is 11.8 Å². The molecule has 0 radical (unpaired) electrons.